The van der Waals surface area contributed by atoms with Gasteiger partial charge in [-0.05, 0) is 82.3 Å². The molecule has 4 heterocycles. The zero-order chi connectivity index (χ0) is 31.4. The predicted molar refractivity (Wildman–Crippen MR) is 151 cm³/mol. The molecule has 0 spiro atoms. The first kappa shape index (κ1) is 31.0. The van der Waals surface area contributed by atoms with Crippen LogP contribution in [0.2, 0.25) is 0 Å². The highest BCUT2D eigenvalue weighted by Crippen LogP contribution is 3.02. The van der Waals surface area contributed by atoms with Gasteiger partial charge in [0.1, 0.15) is 22.4 Å². The topological polar surface area (TPSA) is 101 Å². The Morgan fingerprint density at radius 1 is 1.00 bits per heavy atom. The van der Waals surface area contributed by atoms with Crippen molar-refractivity contribution in [2.75, 3.05) is 26.2 Å². The van der Waals surface area contributed by atoms with Crippen LogP contribution >= 0.6 is 10.2 Å². The maximum Gasteiger partial charge on any atom is 0.410 e. The summed E-state index contributed by atoms with van der Waals surface area (Å²) in [6, 6.07) is 3.97. The van der Waals surface area contributed by atoms with Gasteiger partial charge >= 0.3 is 16.3 Å². The second kappa shape index (κ2) is 10.0. The largest absolute Gasteiger partial charge is 0.444 e. The maximum atomic E-state index is 13.0. The Morgan fingerprint density at radius 2 is 1.65 bits per heavy atom. The highest BCUT2D eigenvalue weighted by Gasteiger charge is 2.65. The third kappa shape index (κ3) is 7.03. The third-order valence-electron chi connectivity index (χ3n) is 7.43. The molecule has 0 aliphatic carbocycles. The molecular formula is C28H34F5N5O4S. The average Bonchev–Trinajstić information content (AvgIpc) is 3.35. The summed E-state index contributed by atoms with van der Waals surface area (Å²) in [4.78, 5) is 39.1. The van der Waals surface area contributed by atoms with Gasteiger partial charge < -0.3 is 24.3 Å². The molecule has 2 aromatic heterocycles. The number of aromatic nitrogens is 3. The first-order chi connectivity index (χ1) is 19.8. The lowest BCUT2D eigenvalue weighted by atomic mass is 9.89. The van der Waals surface area contributed by atoms with Crippen molar-refractivity contribution < 1.29 is 38.5 Å². The van der Waals surface area contributed by atoms with E-state index < -0.39 is 38.8 Å². The molecule has 2 atom stereocenters. The van der Waals surface area contributed by atoms with E-state index in [0.29, 0.717) is 43.9 Å². The van der Waals surface area contributed by atoms with Crippen molar-refractivity contribution in [1.29, 1.82) is 0 Å². The van der Waals surface area contributed by atoms with E-state index in [1.165, 1.54) is 4.90 Å². The molecule has 2 aliphatic rings. The second-order valence-electron chi connectivity index (χ2n) is 12.1. The van der Waals surface area contributed by atoms with Gasteiger partial charge in [0.2, 0.25) is 0 Å². The smallest absolute Gasteiger partial charge is 0.410 e. The van der Waals surface area contributed by atoms with Crippen molar-refractivity contribution in [2.45, 2.75) is 69.2 Å². The van der Waals surface area contributed by atoms with Crippen LogP contribution in [0.4, 0.5) is 24.2 Å². The summed E-state index contributed by atoms with van der Waals surface area (Å²) in [5.41, 5.74) is 1.43. The number of carbonyl (C=O) groups excluding carboxylic acids is 2. The van der Waals surface area contributed by atoms with Gasteiger partial charge in [-0.3, -0.25) is 4.79 Å². The van der Waals surface area contributed by atoms with Crippen LogP contribution in [0.5, 0.6) is 0 Å². The molecular weight excluding hydrogens is 597 g/mol. The number of piperidine rings is 1. The number of morpholine rings is 1. The number of fused-ring (bicyclic) bond motifs is 1. The minimum atomic E-state index is -9.81. The van der Waals surface area contributed by atoms with E-state index in [-0.39, 0.29) is 36.3 Å². The van der Waals surface area contributed by atoms with E-state index in [9.17, 15) is 29.0 Å². The number of benzene rings is 1. The first-order valence-corrected chi connectivity index (χ1v) is 15.8. The molecule has 15 heteroatoms. The number of aromatic amines is 1. The summed E-state index contributed by atoms with van der Waals surface area (Å²) >= 11 is 0. The molecule has 2 amide bonds. The SMILES string of the molecule is C[C@@H]1CN(C(=O)OC(C)(C)C)C[C@H](c2nc3nccc(C4CCN(C(=O)c5ccc(S(F)(F)(F)(F)F)cc5)CC4)c3[nH]2)O1. The fourth-order valence-corrected chi connectivity index (χ4v) is 6.10. The maximum absolute atomic E-state index is 13.0. The quantitative estimate of drug-likeness (QED) is 0.303. The molecule has 0 radical (unpaired) electrons. The van der Waals surface area contributed by atoms with Crippen molar-refractivity contribution >= 4 is 33.4 Å². The molecule has 236 valence electrons. The Morgan fingerprint density at radius 3 is 2.26 bits per heavy atom. The number of hydrogen-bond donors (Lipinski definition) is 1. The van der Waals surface area contributed by atoms with Crippen molar-refractivity contribution in [2.24, 2.45) is 0 Å². The van der Waals surface area contributed by atoms with Crippen LogP contribution in [0.1, 0.15) is 74.3 Å². The van der Waals surface area contributed by atoms with Gasteiger partial charge in [-0.1, -0.05) is 19.4 Å². The van der Waals surface area contributed by atoms with Gasteiger partial charge in [0.05, 0.1) is 24.7 Å². The number of nitrogens with zero attached hydrogens (tertiary/aromatic N) is 4. The number of halogens is 5. The van der Waals surface area contributed by atoms with Crippen LogP contribution in [0.3, 0.4) is 0 Å². The fourth-order valence-electron chi connectivity index (χ4n) is 5.45. The molecule has 9 nitrogen and oxygen atoms in total. The van der Waals surface area contributed by atoms with Crippen molar-refractivity contribution in [3.63, 3.8) is 0 Å². The summed E-state index contributed by atoms with van der Waals surface area (Å²) in [6.07, 6.45) is 1.56. The lowest BCUT2D eigenvalue weighted by Crippen LogP contribution is -2.47. The van der Waals surface area contributed by atoms with Crippen LogP contribution in [0.15, 0.2) is 41.4 Å². The average molecular weight is 632 g/mol. The standard InChI is InChI=1S/C28H34F5N5O4S/c1-17-15-38(27(40)42-28(2,3)4)16-22(41-17)24-35-23-21(9-12-34-25(23)36-24)18-10-13-37(14-11-18)26(39)19-5-7-20(8-6-19)43(29,30,31,32)33/h5-9,12,17-18,22H,10-11,13-16H2,1-4H3,(H,34,35,36)/t17-,22-/m1/s1. The summed E-state index contributed by atoms with van der Waals surface area (Å²) in [7, 11) is -9.81. The van der Waals surface area contributed by atoms with Gasteiger partial charge in [-0.2, -0.15) is 0 Å². The number of pyridine rings is 1. The number of nitrogens with one attached hydrogen (secondary N) is 1. The minimum Gasteiger partial charge on any atom is -0.444 e. The molecule has 5 rings (SSSR count). The number of ether oxygens (including phenoxy) is 2. The minimum absolute atomic E-state index is 0.0304. The van der Waals surface area contributed by atoms with E-state index in [1.54, 1.807) is 31.9 Å². The lowest BCUT2D eigenvalue weighted by Gasteiger charge is -2.40. The van der Waals surface area contributed by atoms with Gasteiger partial charge in [0.25, 0.3) is 5.91 Å². The number of carbonyl (C=O) groups is 2. The molecule has 2 aliphatic heterocycles. The monoisotopic (exact) mass is 631 g/mol. The lowest BCUT2D eigenvalue weighted by molar-refractivity contribution is -0.0844. The van der Waals surface area contributed by atoms with Crippen LogP contribution in [-0.4, -0.2) is 74.6 Å². The molecule has 2 fully saturated rings. The van der Waals surface area contributed by atoms with Crippen molar-refractivity contribution in [3.05, 3.63) is 53.5 Å². The third-order valence-corrected chi connectivity index (χ3v) is 8.59. The zero-order valence-electron chi connectivity index (χ0n) is 24.2. The van der Waals surface area contributed by atoms with E-state index in [2.05, 4.69) is 15.0 Å². The normalized spacial score (nSPS) is 22.3. The van der Waals surface area contributed by atoms with Crippen LogP contribution in [-0.2, 0) is 9.47 Å². The Balaban J connectivity index is 1.28. The van der Waals surface area contributed by atoms with Gasteiger partial charge in [0.15, 0.2) is 5.65 Å². The molecule has 0 bridgehead atoms. The molecule has 2 saturated heterocycles. The van der Waals surface area contributed by atoms with Gasteiger partial charge in [-0.25, -0.2) is 14.8 Å². The predicted octanol–water partition coefficient (Wildman–Crippen LogP) is 7.33. The highest BCUT2D eigenvalue weighted by molar-refractivity contribution is 8.45. The molecule has 1 N–H and O–H groups in total. The van der Waals surface area contributed by atoms with Crippen molar-refractivity contribution in [3.8, 4) is 0 Å². The number of H-pyrrole nitrogens is 1. The highest BCUT2D eigenvalue weighted by atomic mass is 32.5. The molecule has 3 aromatic rings. The fraction of sp³-hybridized carbons (Fsp3) is 0.500. The van der Waals surface area contributed by atoms with Crippen LogP contribution < -0.4 is 0 Å². The number of rotatable bonds is 4. The van der Waals surface area contributed by atoms with E-state index in [0.717, 1.165) is 23.2 Å². The van der Waals surface area contributed by atoms with Gasteiger partial charge in [0, 0.05) is 24.8 Å². The number of hydrogen-bond acceptors (Lipinski definition) is 6. The number of amides is 2. The summed E-state index contributed by atoms with van der Waals surface area (Å²) < 4.78 is 76.9. The molecule has 0 saturated carbocycles. The van der Waals surface area contributed by atoms with Crippen LogP contribution in [0.25, 0.3) is 11.2 Å². The number of imidazole rings is 1. The second-order valence-corrected chi connectivity index (χ2v) is 14.5. The Hall–Kier alpha value is -3.46. The van der Waals surface area contributed by atoms with E-state index >= 15 is 0 Å². The van der Waals surface area contributed by atoms with Crippen molar-refractivity contribution in [1.82, 2.24) is 24.8 Å². The Bertz CT molecular complexity index is 1530. The summed E-state index contributed by atoms with van der Waals surface area (Å²) in [5.74, 6) is 0.0365. The Kier molecular flexibility index (Phi) is 7.24. The van der Waals surface area contributed by atoms with Crippen LogP contribution in [0, 0.1) is 0 Å². The number of likely N-dealkylation sites (tertiary alicyclic amines) is 1. The van der Waals surface area contributed by atoms with E-state index in [1.807, 2.05) is 13.0 Å². The zero-order valence-corrected chi connectivity index (χ0v) is 25.0. The van der Waals surface area contributed by atoms with E-state index in [4.69, 9.17) is 9.47 Å². The summed E-state index contributed by atoms with van der Waals surface area (Å²) in [6.45, 7) is 8.56. The summed E-state index contributed by atoms with van der Waals surface area (Å²) in [5, 5.41) is 0. The Labute approximate surface area is 245 Å². The molecule has 43 heavy (non-hydrogen) atoms. The molecule has 0 unspecified atom stereocenters. The van der Waals surface area contributed by atoms with Gasteiger partial charge in [-0.15, -0.1) is 0 Å². The molecule has 1 aromatic carbocycles. The first-order valence-electron chi connectivity index (χ1n) is 13.9.